The van der Waals surface area contributed by atoms with Crippen LogP contribution in [0.3, 0.4) is 0 Å². The van der Waals surface area contributed by atoms with Gasteiger partial charge in [-0.05, 0) is 46.5 Å². The fourth-order valence-electron chi connectivity index (χ4n) is 1.27. The van der Waals surface area contributed by atoms with Crippen LogP contribution in [-0.2, 0) is 6.42 Å². The highest BCUT2D eigenvalue weighted by atomic mass is 79.9. The van der Waals surface area contributed by atoms with E-state index < -0.39 is 5.97 Å². The van der Waals surface area contributed by atoms with Crippen LogP contribution < -0.4 is 0 Å². The second-order valence-electron chi connectivity index (χ2n) is 3.22. The van der Waals surface area contributed by atoms with Gasteiger partial charge in [0.1, 0.15) is 0 Å². The number of hydrogen-bond donors (Lipinski definition) is 1. The largest absolute Gasteiger partial charge is 0.478 e. The molecule has 76 valence electrons. The Balaban J connectivity index is 2.83. The molecule has 0 bridgehead atoms. The molecule has 0 aliphatic carbocycles. The molecule has 1 N–H and O–H groups in total. The third-order valence-corrected chi connectivity index (χ3v) is 2.74. The van der Waals surface area contributed by atoms with Crippen LogP contribution in [0.5, 0.6) is 0 Å². The van der Waals surface area contributed by atoms with Gasteiger partial charge in [0.2, 0.25) is 0 Å². The maximum absolute atomic E-state index is 10.7. The van der Waals surface area contributed by atoms with E-state index in [-0.39, 0.29) is 0 Å². The van der Waals surface area contributed by atoms with Crippen LogP contribution >= 0.6 is 15.9 Å². The zero-order valence-corrected chi connectivity index (χ0v) is 9.67. The molecule has 0 saturated heterocycles. The van der Waals surface area contributed by atoms with E-state index in [0.717, 1.165) is 19.3 Å². The summed E-state index contributed by atoms with van der Waals surface area (Å²) >= 11 is 3.26. The molecule has 0 spiro atoms. The van der Waals surface area contributed by atoms with Crippen molar-refractivity contribution in [1.82, 2.24) is 0 Å². The summed E-state index contributed by atoms with van der Waals surface area (Å²) in [5.74, 6) is -0.890. The number of unbranched alkanes of at least 4 members (excludes halogenated alkanes) is 1. The molecule has 0 aliphatic heterocycles. The monoisotopic (exact) mass is 256 g/mol. The molecule has 0 aliphatic rings. The van der Waals surface area contributed by atoms with E-state index in [0.29, 0.717) is 10.0 Å². The minimum Gasteiger partial charge on any atom is -0.478 e. The van der Waals surface area contributed by atoms with Crippen LogP contribution in [0.25, 0.3) is 0 Å². The molecule has 2 nitrogen and oxygen atoms in total. The molecule has 1 aromatic rings. The summed E-state index contributed by atoms with van der Waals surface area (Å²) in [7, 11) is 0. The first-order valence-electron chi connectivity index (χ1n) is 4.67. The normalized spacial score (nSPS) is 10.1. The Labute approximate surface area is 92.1 Å². The summed E-state index contributed by atoms with van der Waals surface area (Å²) in [6.07, 6.45) is 3.30. The van der Waals surface area contributed by atoms with Crippen molar-refractivity contribution in [3.05, 3.63) is 33.8 Å². The van der Waals surface area contributed by atoms with Gasteiger partial charge in [0.05, 0.1) is 5.56 Å². The van der Waals surface area contributed by atoms with Gasteiger partial charge in [-0.25, -0.2) is 4.79 Å². The van der Waals surface area contributed by atoms with Crippen LogP contribution in [0.1, 0.15) is 35.7 Å². The number of rotatable bonds is 4. The summed E-state index contributed by atoms with van der Waals surface area (Å²) in [6.45, 7) is 2.14. The maximum atomic E-state index is 10.7. The zero-order valence-electron chi connectivity index (χ0n) is 8.09. The Morgan fingerprint density at radius 1 is 1.50 bits per heavy atom. The number of aromatic carboxylic acids is 1. The van der Waals surface area contributed by atoms with E-state index in [2.05, 4.69) is 22.9 Å². The second-order valence-corrected chi connectivity index (χ2v) is 4.08. The van der Waals surface area contributed by atoms with Crippen molar-refractivity contribution >= 4 is 21.9 Å². The Bertz CT molecular complexity index is 334. The first-order chi connectivity index (χ1) is 6.65. The van der Waals surface area contributed by atoms with E-state index in [4.69, 9.17) is 5.11 Å². The van der Waals surface area contributed by atoms with E-state index in [1.165, 1.54) is 5.56 Å². The molecule has 0 atom stereocenters. The average Bonchev–Trinajstić information content (AvgIpc) is 2.14. The Kier molecular flexibility index (Phi) is 4.14. The summed E-state index contributed by atoms with van der Waals surface area (Å²) in [5, 5.41) is 8.80. The van der Waals surface area contributed by atoms with Crippen molar-refractivity contribution in [3.63, 3.8) is 0 Å². The van der Waals surface area contributed by atoms with Crippen LogP contribution in [0.4, 0.5) is 0 Å². The molecule has 0 saturated carbocycles. The lowest BCUT2D eigenvalue weighted by Crippen LogP contribution is -1.98. The predicted molar refractivity (Wildman–Crippen MR) is 59.7 cm³/mol. The summed E-state index contributed by atoms with van der Waals surface area (Å²) < 4.78 is 0.665. The summed E-state index contributed by atoms with van der Waals surface area (Å²) in [4.78, 5) is 10.7. The highest BCUT2D eigenvalue weighted by molar-refractivity contribution is 9.10. The van der Waals surface area contributed by atoms with Gasteiger partial charge >= 0.3 is 5.97 Å². The molecular weight excluding hydrogens is 244 g/mol. The molecule has 0 radical (unpaired) electrons. The highest BCUT2D eigenvalue weighted by Crippen LogP contribution is 2.19. The van der Waals surface area contributed by atoms with Gasteiger partial charge in [0, 0.05) is 4.47 Å². The molecule has 0 heterocycles. The first-order valence-corrected chi connectivity index (χ1v) is 5.46. The van der Waals surface area contributed by atoms with Crippen molar-refractivity contribution < 1.29 is 9.90 Å². The van der Waals surface area contributed by atoms with E-state index in [1.54, 1.807) is 6.07 Å². The molecule has 3 heteroatoms. The standard InChI is InChI=1S/C11H13BrO2/c1-2-3-4-8-5-6-9(11(13)14)10(12)7-8/h5-7H,2-4H2,1H3,(H,13,14). The highest BCUT2D eigenvalue weighted by Gasteiger charge is 2.07. The van der Waals surface area contributed by atoms with Crippen molar-refractivity contribution in [3.8, 4) is 0 Å². The third kappa shape index (κ3) is 2.84. The van der Waals surface area contributed by atoms with Crippen molar-refractivity contribution in [2.45, 2.75) is 26.2 Å². The number of carboxylic acid groups (broad SMARTS) is 1. The van der Waals surface area contributed by atoms with Crippen LogP contribution in [0, 0.1) is 0 Å². The van der Waals surface area contributed by atoms with Gasteiger partial charge in [-0.3, -0.25) is 0 Å². The molecule has 0 aromatic heterocycles. The van der Waals surface area contributed by atoms with Gasteiger partial charge in [0.15, 0.2) is 0 Å². The summed E-state index contributed by atoms with van der Waals surface area (Å²) in [6, 6.07) is 5.42. The molecule has 0 amide bonds. The molecule has 14 heavy (non-hydrogen) atoms. The lowest BCUT2D eigenvalue weighted by atomic mass is 10.1. The van der Waals surface area contributed by atoms with Crippen molar-refractivity contribution in [1.29, 1.82) is 0 Å². The number of aryl methyl sites for hydroxylation is 1. The van der Waals surface area contributed by atoms with E-state index in [9.17, 15) is 4.79 Å². The van der Waals surface area contributed by atoms with Gasteiger partial charge in [-0.2, -0.15) is 0 Å². The average molecular weight is 257 g/mol. The van der Waals surface area contributed by atoms with Gasteiger partial charge in [-0.1, -0.05) is 19.4 Å². The maximum Gasteiger partial charge on any atom is 0.336 e. The number of hydrogen-bond acceptors (Lipinski definition) is 1. The number of carbonyl (C=O) groups is 1. The van der Waals surface area contributed by atoms with Crippen LogP contribution in [0.2, 0.25) is 0 Å². The predicted octanol–water partition coefficient (Wildman–Crippen LogP) is 3.49. The molecule has 1 rings (SSSR count). The SMILES string of the molecule is CCCCc1ccc(C(=O)O)c(Br)c1. The molecular formula is C11H13BrO2. The Hall–Kier alpha value is -0.830. The van der Waals surface area contributed by atoms with Crippen LogP contribution in [0.15, 0.2) is 22.7 Å². The molecule has 1 aromatic carbocycles. The molecule has 0 unspecified atom stereocenters. The molecule has 0 fully saturated rings. The minimum atomic E-state index is -0.890. The van der Waals surface area contributed by atoms with Gasteiger partial charge in [-0.15, -0.1) is 0 Å². The number of halogens is 1. The smallest absolute Gasteiger partial charge is 0.336 e. The van der Waals surface area contributed by atoms with Crippen LogP contribution in [-0.4, -0.2) is 11.1 Å². The Morgan fingerprint density at radius 2 is 2.21 bits per heavy atom. The fourth-order valence-corrected chi connectivity index (χ4v) is 1.86. The number of benzene rings is 1. The quantitative estimate of drug-likeness (QED) is 0.896. The lowest BCUT2D eigenvalue weighted by molar-refractivity contribution is 0.0696. The third-order valence-electron chi connectivity index (χ3n) is 2.08. The Morgan fingerprint density at radius 3 is 2.71 bits per heavy atom. The van der Waals surface area contributed by atoms with Gasteiger partial charge < -0.3 is 5.11 Å². The van der Waals surface area contributed by atoms with Gasteiger partial charge in [0.25, 0.3) is 0 Å². The van der Waals surface area contributed by atoms with Crippen molar-refractivity contribution in [2.75, 3.05) is 0 Å². The second kappa shape index (κ2) is 5.15. The van der Waals surface area contributed by atoms with Crippen molar-refractivity contribution in [2.24, 2.45) is 0 Å². The van der Waals surface area contributed by atoms with E-state index in [1.807, 2.05) is 12.1 Å². The summed E-state index contributed by atoms with van der Waals surface area (Å²) in [5.41, 5.74) is 1.51. The minimum absolute atomic E-state index is 0.324. The van der Waals surface area contributed by atoms with E-state index >= 15 is 0 Å². The zero-order chi connectivity index (χ0) is 10.6. The topological polar surface area (TPSA) is 37.3 Å². The fraction of sp³-hybridized carbons (Fsp3) is 0.364. The first kappa shape index (κ1) is 11.2. The lowest BCUT2D eigenvalue weighted by Gasteiger charge is -2.03. The number of carboxylic acids is 1.